The molecule has 1 amide bonds. The molecular formula is C13H15BrFNO. The minimum Gasteiger partial charge on any atom is -0.347 e. The minimum absolute atomic E-state index is 0.150. The van der Waals surface area contributed by atoms with Crippen LogP contribution >= 0.6 is 15.9 Å². The first kappa shape index (κ1) is 12.6. The zero-order valence-corrected chi connectivity index (χ0v) is 11.5. The number of hydrogen-bond donors (Lipinski definition) is 1. The Kier molecular flexibility index (Phi) is 3.25. The molecule has 0 heterocycles. The third-order valence-electron chi connectivity index (χ3n) is 3.22. The van der Waals surface area contributed by atoms with Gasteiger partial charge in [0, 0.05) is 11.1 Å². The van der Waals surface area contributed by atoms with Gasteiger partial charge in [0.05, 0.1) is 4.47 Å². The fourth-order valence-corrected chi connectivity index (χ4v) is 2.29. The Morgan fingerprint density at radius 2 is 2.12 bits per heavy atom. The maximum absolute atomic E-state index is 13.1. The van der Waals surface area contributed by atoms with E-state index in [0.29, 0.717) is 16.0 Å². The Bertz CT molecular complexity index is 455. The predicted octanol–water partition coefficient (Wildman–Crippen LogP) is 3.51. The van der Waals surface area contributed by atoms with E-state index in [1.807, 2.05) is 13.8 Å². The molecule has 2 rings (SSSR count). The molecule has 1 aliphatic rings. The summed E-state index contributed by atoms with van der Waals surface area (Å²) in [5.74, 6) is 0.0564. The molecule has 0 aromatic heterocycles. The van der Waals surface area contributed by atoms with E-state index in [1.54, 1.807) is 0 Å². The highest BCUT2D eigenvalue weighted by Crippen LogP contribution is 2.39. The van der Waals surface area contributed by atoms with E-state index >= 15 is 0 Å². The zero-order valence-electron chi connectivity index (χ0n) is 9.89. The summed E-state index contributed by atoms with van der Waals surface area (Å²) in [6.07, 6.45) is 2.33. The first-order valence-electron chi connectivity index (χ1n) is 5.68. The lowest BCUT2D eigenvalue weighted by Crippen LogP contribution is -2.45. The smallest absolute Gasteiger partial charge is 0.251 e. The summed E-state index contributed by atoms with van der Waals surface area (Å²) < 4.78 is 13.4. The van der Waals surface area contributed by atoms with Crippen molar-refractivity contribution in [1.82, 2.24) is 5.32 Å². The molecule has 0 spiro atoms. The molecule has 2 nitrogen and oxygen atoms in total. The van der Waals surface area contributed by atoms with Gasteiger partial charge in [0.15, 0.2) is 0 Å². The van der Waals surface area contributed by atoms with Gasteiger partial charge in [-0.05, 0) is 66.7 Å². The Morgan fingerprint density at radius 1 is 1.47 bits per heavy atom. The molecule has 0 saturated heterocycles. The molecule has 1 aliphatic carbocycles. The highest BCUT2D eigenvalue weighted by molar-refractivity contribution is 9.10. The molecule has 0 aliphatic heterocycles. The third kappa shape index (κ3) is 2.86. The molecule has 1 aromatic carbocycles. The van der Waals surface area contributed by atoms with Crippen molar-refractivity contribution >= 4 is 21.8 Å². The van der Waals surface area contributed by atoms with Crippen molar-refractivity contribution in [3.63, 3.8) is 0 Å². The lowest BCUT2D eigenvalue weighted by molar-refractivity contribution is 0.0903. The van der Waals surface area contributed by atoms with Gasteiger partial charge in [-0.25, -0.2) is 4.39 Å². The van der Waals surface area contributed by atoms with Gasteiger partial charge in [-0.15, -0.1) is 0 Å². The van der Waals surface area contributed by atoms with Crippen LogP contribution in [0.4, 0.5) is 4.39 Å². The summed E-state index contributed by atoms with van der Waals surface area (Å²) in [7, 11) is 0. The molecular weight excluding hydrogens is 285 g/mol. The Balaban J connectivity index is 2.11. The summed E-state index contributed by atoms with van der Waals surface area (Å²) >= 11 is 3.08. The average Bonchev–Trinajstić information content (AvgIpc) is 3.04. The van der Waals surface area contributed by atoms with E-state index in [0.717, 1.165) is 0 Å². The van der Waals surface area contributed by atoms with E-state index in [9.17, 15) is 9.18 Å². The fourth-order valence-electron chi connectivity index (χ4n) is 1.91. The van der Waals surface area contributed by atoms with Gasteiger partial charge in [-0.2, -0.15) is 0 Å². The van der Waals surface area contributed by atoms with Gasteiger partial charge < -0.3 is 5.32 Å². The van der Waals surface area contributed by atoms with Crippen LogP contribution in [0.3, 0.4) is 0 Å². The SMILES string of the molecule is CC(C)(NC(=O)c1ccc(F)c(Br)c1)C1CC1. The van der Waals surface area contributed by atoms with Crippen LogP contribution in [0.25, 0.3) is 0 Å². The van der Waals surface area contributed by atoms with Crippen LogP contribution in [0.5, 0.6) is 0 Å². The van der Waals surface area contributed by atoms with Gasteiger partial charge in [0.2, 0.25) is 0 Å². The Morgan fingerprint density at radius 3 is 2.65 bits per heavy atom. The number of benzene rings is 1. The Hall–Kier alpha value is -0.900. The van der Waals surface area contributed by atoms with Gasteiger partial charge >= 0.3 is 0 Å². The van der Waals surface area contributed by atoms with Crippen molar-refractivity contribution in [2.75, 3.05) is 0 Å². The van der Waals surface area contributed by atoms with Crippen LogP contribution in [0.1, 0.15) is 37.0 Å². The van der Waals surface area contributed by atoms with E-state index in [4.69, 9.17) is 0 Å². The van der Waals surface area contributed by atoms with Crippen molar-refractivity contribution in [2.24, 2.45) is 5.92 Å². The normalized spacial score (nSPS) is 15.8. The number of carbonyl (C=O) groups excluding carboxylic acids is 1. The molecule has 0 atom stereocenters. The van der Waals surface area contributed by atoms with Crippen molar-refractivity contribution in [3.05, 3.63) is 34.1 Å². The van der Waals surface area contributed by atoms with Crippen LogP contribution in [-0.4, -0.2) is 11.4 Å². The summed E-state index contributed by atoms with van der Waals surface area (Å²) in [6.45, 7) is 4.06. The minimum atomic E-state index is -0.358. The van der Waals surface area contributed by atoms with Crippen LogP contribution in [0.2, 0.25) is 0 Å². The molecule has 1 fully saturated rings. The standard InChI is InChI=1S/C13H15BrFNO/c1-13(2,9-4-5-9)16-12(17)8-3-6-11(15)10(14)7-8/h3,6-7,9H,4-5H2,1-2H3,(H,16,17). The number of carbonyl (C=O) groups is 1. The van der Waals surface area contributed by atoms with Crippen LogP contribution in [0.15, 0.2) is 22.7 Å². The largest absolute Gasteiger partial charge is 0.347 e. The summed E-state index contributed by atoms with van der Waals surface area (Å²) in [5.41, 5.74) is 0.296. The highest BCUT2D eigenvalue weighted by atomic mass is 79.9. The maximum Gasteiger partial charge on any atom is 0.251 e. The van der Waals surface area contributed by atoms with E-state index in [2.05, 4.69) is 21.2 Å². The molecule has 4 heteroatoms. The molecule has 1 saturated carbocycles. The van der Waals surface area contributed by atoms with Crippen molar-refractivity contribution in [3.8, 4) is 0 Å². The molecule has 17 heavy (non-hydrogen) atoms. The number of halogens is 2. The molecule has 1 N–H and O–H groups in total. The molecule has 0 bridgehead atoms. The topological polar surface area (TPSA) is 29.1 Å². The van der Waals surface area contributed by atoms with Gasteiger partial charge in [-0.1, -0.05) is 0 Å². The molecule has 0 radical (unpaired) electrons. The van der Waals surface area contributed by atoms with Crippen LogP contribution in [0, 0.1) is 11.7 Å². The van der Waals surface area contributed by atoms with Gasteiger partial charge in [0.25, 0.3) is 5.91 Å². The number of rotatable bonds is 3. The summed E-state index contributed by atoms with van der Waals surface area (Å²) in [6, 6.07) is 4.30. The molecule has 92 valence electrons. The van der Waals surface area contributed by atoms with E-state index < -0.39 is 0 Å². The second-order valence-corrected chi connectivity index (χ2v) is 5.93. The second kappa shape index (κ2) is 4.41. The van der Waals surface area contributed by atoms with Crippen molar-refractivity contribution in [2.45, 2.75) is 32.2 Å². The van der Waals surface area contributed by atoms with Crippen LogP contribution < -0.4 is 5.32 Å². The fraction of sp³-hybridized carbons (Fsp3) is 0.462. The first-order chi connectivity index (χ1) is 7.90. The van der Waals surface area contributed by atoms with E-state index in [1.165, 1.54) is 31.0 Å². The quantitative estimate of drug-likeness (QED) is 0.909. The molecule has 1 aromatic rings. The number of nitrogens with one attached hydrogen (secondary N) is 1. The molecule has 0 unspecified atom stereocenters. The Labute approximate surface area is 109 Å². The maximum atomic E-state index is 13.1. The van der Waals surface area contributed by atoms with Crippen LogP contribution in [-0.2, 0) is 0 Å². The summed E-state index contributed by atoms with van der Waals surface area (Å²) in [5, 5.41) is 3.00. The average molecular weight is 300 g/mol. The lowest BCUT2D eigenvalue weighted by atomic mass is 9.98. The van der Waals surface area contributed by atoms with Gasteiger partial charge in [-0.3, -0.25) is 4.79 Å². The summed E-state index contributed by atoms with van der Waals surface area (Å²) in [4.78, 5) is 12.0. The van der Waals surface area contributed by atoms with Gasteiger partial charge in [0.1, 0.15) is 5.82 Å². The van der Waals surface area contributed by atoms with E-state index in [-0.39, 0.29) is 17.3 Å². The van der Waals surface area contributed by atoms with Crippen molar-refractivity contribution < 1.29 is 9.18 Å². The zero-order chi connectivity index (χ0) is 12.6. The number of amides is 1. The number of hydrogen-bond acceptors (Lipinski definition) is 1. The predicted molar refractivity (Wildman–Crippen MR) is 68.4 cm³/mol. The monoisotopic (exact) mass is 299 g/mol. The lowest BCUT2D eigenvalue weighted by Gasteiger charge is -2.26. The third-order valence-corrected chi connectivity index (χ3v) is 3.82. The van der Waals surface area contributed by atoms with Crippen molar-refractivity contribution in [1.29, 1.82) is 0 Å². The first-order valence-corrected chi connectivity index (χ1v) is 6.47. The highest BCUT2D eigenvalue weighted by Gasteiger charge is 2.38. The second-order valence-electron chi connectivity index (χ2n) is 5.08.